The molecule has 1 aromatic heterocycles. The van der Waals surface area contributed by atoms with Crippen molar-refractivity contribution in [3.8, 4) is 0 Å². The number of benzene rings is 1. The minimum atomic E-state index is -1.26. The Hall–Kier alpha value is -2.83. The van der Waals surface area contributed by atoms with E-state index in [2.05, 4.69) is 10.3 Å². The Kier molecular flexibility index (Phi) is 6.03. The Bertz CT molecular complexity index is 1100. The maximum atomic E-state index is 12.7. The largest absolute Gasteiger partial charge is 0.477 e. The first-order chi connectivity index (χ1) is 14.8. The van der Waals surface area contributed by atoms with Crippen molar-refractivity contribution in [2.75, 3.05) is 5.75 Å². The fourth-order valence-corrected chi connectivity index (χ4v) is 6.61. The predicted octanol–water partition coefficient (Wildman–Crippen LogP) is 1.87. The number of hydrogen-bond donors (Lipinski definition) is 3. The van der Waals surface area contributed by atoms with Crippen molar-refractivity contribution in [3.05, 3.63) is 57.6 Å². The summed E-state index contributed by atoms with van der Waals surface area (Å²) in [4.78, 5) is 53.5. The molecule has 0 radical (unpaired) electrons. The van der Waals surface area contributed by atoms with Crippen LogP contribution in [0.2, 0.25) is 0 Å². The first-order valence-corrected chi connectivity index (χ1v) is 11.7. The van der Waals surface area contributed by atoms with Crippen LogP contribution in [0.15, 0.2) is 50.7 Å². The summed E-state index contributed by atoms with van der Waals surface area (Å²) in [5, 5.41) is 22.3. The van der Waals surface area contributed by atoms with Crippen LogP contribution in [0.4, 0.5) is 0 Å². The highest BCUT2D eigenvalue weighted by atomic mass is 32.2. The van der Waals surface area contributed by atoms with Gasteiger partial charge in [-0.25, -0.2) is 14.6 Å². The zero-order valence-electron chi connectivity index (χ0n) is 15.7. The average molecular weight is 478 g/mol. The molecular weight excluding hydrogens is 462 g/mol. The van der Waals surface area contributed by atoms with Crippen LogP contribution in [-0.2, 0) is 20.8 Å². The van der Waals surface area contributed by atoms with Crippen molar-refractivity contribution in [3.63, 3.8) is 0 Å². The summed E-state index contributed by atoms with van der Waals surface area (Å²) in [5.74, 6) is -2.92. The first kappa shape index (κ1) is 21.4. The number of nitrogens with zero attached hydrogens (tertiary/aromatic N) is 2. The van der Waals surface area contributed by atoms with Gasteiger partial charge >= 0.3 is 11.9 Å². The number of β-lactam (4-membered cyclic amide) rings is 1. The number of hydrogen-bond acceptors (Lipinski definition) is 8. The molecule has 4 rings (SSSR count). The lowest BCUT2D eigenvalue weighted by Gasteiger charge is -2.49. The fraction of sp³-hybridized carbons (Fsp3) is 0.211. The van der Waals surface area contributed by atoms with Crippen LogP contribution in [0.1, 0.15) is 16.1 Å². The molecule has 31 heavy (non-hydrogen) atoms. The summed E-state index contributed by atoms with van der Waals surface area (Å²) in [7, 11) is 0. The summed E-state index contributed by atoms with van der Waals surface area (Å²) >= 11 is 3.47. The lowest BCUT2D eigenvalue weighted by Crippen LogP contribution is -2.70. The van der Waals surface area contributed by atoms with Gasteiger partial charge in [-0.2, -0.15) is 0 Å². The number of carboxylic acids is 2. The number of carboxylic acid groups (broad SMARTS) is 2. The van der Waals surface area contributed by atoms with Gasteiger partial charge in [0, 0.05) is 16.0 Å². The van der Waals surface area contributed by atoms with E-state index >= 15 is 0 Å². The molecule has 2 atom stereocenters. The van der Waals surface area contributed by atoms with Crippen molar-refractivity contribution in [2.24, 2.45) is 0 Å². The minimum absolute atomic E-state index is 0.118. The summed E-state index contributed by atoms with van der Waals surface area (Å²) in [6.45, 7) is 0. The minimum Gasteiger partial charge on any atom is -0.477 e. The van der Waals surface area contributed by atoms with Gasteiger partial charge in [-0.15, -0.1) is 23.1 Å². The number of amides is 2. The molecule has 2 aliphatic heterocycles. The Labute approximate surface area is 188 Å². The molecule has 2 aliphatic rings. The van der Waals surface area contributed by atoms with Crippen LogP contribution >= 0.6 is 34.9 Å². The number of thioether (sulfide) groups is 2. The summed E-state index contributed by atoms with van der Waals surface area (Å²) < 4.78 is 0.380. The number of fused-ring (bicyclic) bond motifs is 1. The second-order valence-electron chi connectivity index (χ2n) is 6.60. The molecule has 0 saturated carbocycles. The van der Waals surface area contributed by atoms with Crippen LogP contribution in [0.25, 0.3) is 0 Å². The smallest absolute Gasteiger partial charge is 0.355 e. The van der Waals surface area contributed by atoms with Gasteiger partial charge in [0.05, 0.1) is 6.42 Å². The lowest BCUT2D eigenvalue weighted by atomic mass is 10.0. The summed E-state index contributed by atoms with van der Waals surface area (Å²) in [5.41, 5.74) is 0.542. The number of carbonyl (C=O) groups is 4. The molecule has 0 bridgehead atoms. The van der Waals surface area contributed by atoms with Crippen molar-refractivity contribution >= 4 is 58.6 Å². The number of aliphatic carboxylic acids is 1. The van der Waals surface area contributed by atoms with E-state index in [1.807, 2.05) is 30.3 Å². The molecule has 1 saturated heterocycles. The summed E-state index contributed by atoms with van der Waals surface area (Å²) in [6, 6.07) is 8.32. The number of carbonyl (C=O) groups excluding carboxylic acids is 2. The van der Waals surface area contributed by atoms with Gasteiger partial charge in [0.15, 0.2) is 10.0 Å². The molecular formula is C19H15N3O6S3. The summed E-state index contributed by atoms with van der Waals surface area (Å²) in [6.07, 6.45) is 0.126. The third-order valence-electron chi connectivity index (χ3n) is 4.57. The van der Waals surface area contributed by atoms with Crippen LogP contribution in [0.5, 0.6) is 0 Å². The van der Waals surface area contributed by atoms with Gasteiger partial charge in [-0.05, 0) is 5.56 Å². The van der Waals surface area contributed by atoms with E-state index in [-0.39, 0.29) is 23.7 Å². The normalized spacial score (nSPS) is 20.1. The molecule has 0 aliphatic carbocycles. The van der Waals surface area contributed by atoms with E-state index in [4.69, 9.17) is 5.11 Å². The Morgan fingerprint density at radius 2 is 1.94 bits per heavy atom. The molecule has 3 N–H and O–H groups in total. The van der Waals surface area contributed by atoms with E-state index in [1.54, 1.807) is 0 Å². The van der Waals surface area contributed by atoms with Crippen LogP contribution in [0, 0.1) is 0 Å². The molecule has 1 aromatic carbocycles. The number of nitrogens with one attached hydrogen (secondary N) is 1. The lowest BCUT2D eigenvalue weighted by molar-refractivity contribution is -0.150. The molecule has 2 amide bonds. The Balaban J connectivity index is 1.48. The molecule has 12 heteroatoms. The van der Waals surface area contributed by atoms with E-state index < -0.39 is 29.3 Å². The number of aromatic nitrogens is 1. The maximum absolute atomic E-state index is 12.7. The SMILES string of the molecule is O=C(Cc1ccccc1)N[C@@H]1C(=O)N2C(C(=O)O)=C(Sc3nc(C(=O)O)cs3)CS[C@H]12. The highest BCUT2D eigenvalue weighted by Gasteiger charge is 2.54. The Morgan fingerprint density at radius 1 is 1.19 bits per heavy atom. The van der Waals surface area contributed by atoms with E-state index in [9.17, 15) is 24.3 Å². The molecule has 1 fully saturated rings. The molecule has 2 aromatic rings. The highest BCUT2D eigenvalue weighted by molar-refractivity contribution is 8.07. The van der Waals surface area contributed by atoms with Gasteiger partial charge in [-0.3, -0.25) is 14.5 Å². The zero-order chi connectivity index (χ0) is 22.1. The second-order valence-corrected chi connectivity index (χ2v) is 9.91. The fourth-order valence-electron chi connectivity index (χ4n) is 3.18. The molecule has 3 heterocycles. The van der Waals surface area contributed by atoms with Crippen molar-refractivity contribution in [1.82, 2.24) is 15.2 Å². The van der Waals surface area contributed by atoms with Crippen molar-refractivity contribution in [2.45, 2.75) is 22.2 Å². The second kappa shape index (κ2) is 8.73. The van der Waals surface area contributed by atoms with Crippen LogP contribution in [-0.4, -0.2) is 61.0 Å². The zero-order valence-corrected chi connectivity index (χ0v) is 18.1. The first-order valence-electron chi connectivity index (χ1n) is 8.96. The molecule has 9 nitrogen and oxygen atoms in total. The van der Waals surface area contributed by atoms with Gasteiger partial charge in [-0.1, -0.05) is 42.1 Å². The van der Waals surface area contributed by atoms with Crippen molar-refractivity contribution < 1.29 is 29.4 Å². The third kappa shape index (κ3) is 4.31. The standard InChI is InChI=1S/C19H15N3O6S3/c23-12(6-9-4-2-1-3-5-9)21-13-15(24)22-14(18(27)28)11(8-29-16(13)22)31-19-20-10(7-30-19)17(25)26/h1-5,7,13,16H,6,8H2,(H,21,23)(H,25,26)(H,27,28)/t13-,16-/m1/s1. The van der Waals surface area contributed by atoms with Gasteiger partial charge in [0.1, 0.15) is 17.1 Å². The van der Waals surface area contributed by atoms with Crippen molar-refractivity contribution in [1.29, 1.82) is 0 Å². The van der Waals surface area contributed by atoms with Gasteiger partial charge < -0.3 is 15.5 Å². The number of aromatic carboxylic acids is 1. The van der Waals surface area contributed by atoms with Crippen LogP contribution < -0.4 is 5.32 Å². The average Bonchev–Trinajstić information content (AvgIpc) is 3.21. The quantitative estimate of drug-likeness (QED) is 0.510. The topological polar surface area (TPSA) is 137 Å². The molecule has 160 valence electrons. The van der Waals surface area contributed by atoms with E-state index in [1.165, 1.54) is 22.0 Å². The maximum Gasteiger partial charge on any atom is 0.355 e. The van der Waals surface area contributed by atoms with Gasteiger partial charge in [0.25, 0.3) is 5.91 Å². The highest BCUT2D eigenvalue weighted by Crippen LogP contribution is 2.45. The monoisotopic (exact) mass is 477 g/mol. The Morgan fingerprint density at radius 3 is 2.58 bits per heavy atom. The van der Waals surface area contributed by atoms with E-state index in [0.29, 0.717) is 15.0 Å². The number of rotatable bonds is 7. The third-order valence-corrected chi connectivity index (χ3v) is 8.06. The number of thiazole rings is 1. The molecule has 0 unspecified atom stereocenters. The van der Waals surface area contributed by atoms with Gasteiger partial charge in [0.2, 0.25) is 5.91 Å². The predicted molar refractivity (Wildman–Crippen MR) is 115 cm³/mol. The van der Waals surface area contributed by atoms with Crippen LogP contribution in [0.3, 0.4) is 0 Å². The molecule has 0 spiro atoms. The van der Waals surface area contributed by atoms with E-state index in [0.717, 1.165) is 28.7 Å².